The number of para-hydroxylation sites is 1. The highest BCUT2D eigenvalue weighted by Gasteiger charge is 2.17. The first-order valence-electron chi connectivity index (χ1n) is 6.58. The molecular weight excluding hydrogens is 328 g/mol. The molecule has 0 aliphatic carbocycles. The summed E-state index contributed by atoms with van der Waals surface area (Å²) < 4.78 is 27.0. The van der Waals surface area contributed by atoms with Crippen molar-refractivity contribution in [1.82, 2.24) is 0 Å². The molecule has 0 aliphatic heterocycles. The largest absolute Gasteiger partial charge is 0.320 e. The molecule has 1 unspecified atom stereocenters. The number of carbonyl (C=O) groups excluding carboxylic acids is 1. The van der Waals surface area contributed by atoms with Gasteiger partial charge in [-0.05, 0) is 36.8 Å². The lowest BCUT2D eigenvalue weighted by molar-refractivity contribution is -0.115. The number of hydrogen-bond donors (Lipinski definition) is 1. The molecule has 2 aromatic rings. The number of anilines is 1. The minimum atomic E-state index is -0.789. The van der Waals surface area contributed by atoms with Crippen molar-refractivity contribution < 1.29 is 13.6 Å². The Labute approximate surface area is 136 Å². The van der Waals surface area contributed by atoms with Gasteiger partial charge in [-0.25, -0.2) is 8.78 Å². The van der Waals surface area contributed by atoms with E-state index >= 15 is 0 Å². The van der Waals surface area contributed by atoms with Crippen LogP contribution < -0.4 is 5.32 Å². The van der Waals surface area contributed by atoms with Gasteiger partial charge in [0.15, 0.2) is 0 Å². The zero-order valence-electron chi connectivity index (χ0n) is 11.8. The van der Waals surface area contributed by atoms with E-state index < -0.39 is 28.5 Å². The van der Waals surface area contributed by atoms with Gasteiger partial charge >= 0.3 is 0 Å². The van der Waals surface area contributed by atoms with Crippen molar-refractivity contribution in [3.8, 4) is 0 Å². The Morgan fingerprint density at radius 3 is 2.36 bits per heavy atom. The molecule has 0 aliphatic rings. The third-order valence-corrected chi connectivity index (χ3v) is 4.46. The van der Waals surface area contributed by atoms with E-state index in [9.17, 15) is 13.6 Å². The van der Waals surface area contributed by atoms with Crippen LogP contribution in [0.25, 0.3) is 0 Å². The summed E-state index contributed by atoms with van der Waals surface area (Å²) in [4.78, 5) is 12.0. The van der Waals surface area contributed by atoms with Crippen LogP contribution in [0.2, 0.25) is 5.02 Å². The van der Waals surface area contributed by atoms with E-state index in [0.717, 1.165) is 17.7 Å². The second-order valence-electron chi connectivity index (χ2n) is 4.67. The zero-order chi connectivity index (χ0) is 16.1. The van der Waals surface area contributed by atoms with Crippen molar-refractivity contribution in [2.24, 2.45) is 0 Å². The first kappa shape index (κ1) is 16.8. The lowest BCUT2D eigenvalue weighted by Gasteiger charge is -2.13. The van der Waals surface area contributed by atoms with Crippen LogP contribution in [-0.2, 0) is 10.5 Å². The van der Waals surface area contributed by atoms with Crippen LogP contribution in [0.5, 0.6) is 0 Å². The van der Waals surface area contributed by atoms with Gasteiger partial charge in [0.25, 0.3) is 0 Å². The zero-order valence-corrected chi connectivity index (χ0v) is 13.3. The Kier molecular flexibility index (Phi) is 5.80. The molecule has 1 atom stereocenters. The molecule has 0 aromatic heterocycles. The first-order valence-corrected chi connectivity index (χ1v) is 8.01. The van der Waals surface area contributed by atoms with E-state index in [4.69, 9.17) is 11.6 Å². The summed E-state index contributed by atoms with van der Waals surface area (Å²) in [5, 5.41) is 2.49. The van der Waals surface area contributed by atoms with Crippen LogP contribution in [0.3, 0.4) is 0 Å². The quantitative estimate of drug-likeness (QED) is 0.839. The molecule has 0 fully saturated rings. The number of nitrogens with one attached hydrogen (secondary N) is 1. The lowest BCUT2D eigenvalue weighted by Crippen LogP contribution is -2.23. The van der Waals surface area contributed by atoms with Crippen molar-refractivity contribution >= 4 is 35.0 Å². The Morgan fingerprint density at radius 1 is 1.18 bits per heavy atom. The fourth-order valence-electron chi connectivity index (χ4n) is 1.72. The van der Waals surface area contributed by atoms with Gasteiger partial charge in [-0.15, -0.1) is 11.8 Å². The summed E-state index contributed by atoms with van der Waals surface area (Å²) >= 11 is 7.18. The molecule has 2 rings (SSSR count). The fourth-order valence-corrected chi connectivity index (χ4v) is 2.69. The van der Waals surface area contributed by atoms with Gasteiger partial charge in [0.05, 0.1) is 5.25 Å². The van der Waals surface area contributed by atoms with Crippen molar-refractivity contribution in [3.63, 3.8) is 0 Å². The van der Waals surface area contributed by atoms with Crippen molar-refractivity contribution in [3.05, 3.63) is 64.7 Å². The maximum Gasteiger partial charge on any atom is 0.237 e. The number of hydrogen-bond acceptors (Lipinski definition) is 2. The van der Waals surface area contributed by atoms with Crippen LogP contribution in [0.15, 0.2) is 42.5 Å². The Bertz CT molecular complexity index is 643. The average Bonchev–Trinajstić information content (AvgIpc) is 2.50. The molecule has 6 heteroatoms. The molecule has 0 bridgehead atoms. The summed E-state index contributed by atoms with van der Waals surface area (Å²) in [6.07, 6.45) is 0. The predicted molar refractivity (Wildman–Crippen MR) is 87.2 cm³/mol. The van der Waals surface area contributed by atoms with Gasteiger partial charge < -0.3 is 5.32 Å². The molecule has 0 spiro atoms. The second-order valence-corrected chi connectivity index (χ2v) is 6.43. The number of halogens is 3. The summed E-state index contributed by atoms with van der Waals surface area (Å²) in [5.41, 5.74) is 0.609. The van der Waals surface area contributed by atoms with Gasteiger partial charge in [-0.2, -0.15) is 0 Å². The molecule has 116 valence electrons. The third-order valence-electron chi connectivity index (χ3n) is 2.99. The molecular formula is C16H14ClF2NOS. The first-order chi connectivity index (χ1) is 10.5. The molecule has 22 heavy (non-hydrogen) atoms. The van der Waals surface area contributed by atoms with Crippen LogP contribution in [-0.4, -0.2) is 11.2 Å². The van der Waals surface area contributed by atoms with Gasteiger partial charge in [-0.1, -0.05) is 29.8 Å². The van der Waals surface area contributed by atoms with Crippen LogP contribution in [0.1, 0.15) is 12.5 Å². The minimum Gasteiger partial charge on any atom is -0.320 e. The molecule has 1 amide bonds. The average molecular weight is 342 g/mol. The topological polar surface area (TPSA) is 29.1 Å². The van der Waals surface area contributed by atoms with Crippen molar-refractivity contribution in [2.75, 3.05) is 5.32 Å². The maximum atomic E-state index is 13.5. The molecule has 0 saturated carbocycles. The number of benzene rings is 2. The molecule has 1 N–H and O–H groups in total. The van der Waals surface area contributed by atoms with Crippen molar-refractivity contribution in [1.29, 1.82) is 0 Å². The Balaban J connectivity index is 1.93. The normalized spacial score (nSPS) is 12.0. The van der Waals surface area contributed by atoms with E-state index in [-0.39, 0.29) is 0 Å². The van der Waals surface area contributed by atoms with E-state index in [1.807, 2.05) is 12.1 Å². The molecule has 2 aromatic carbocycles. The summed E-state index contributed by atoms with van der Waals surface area (Å²) in [7, 11) is 0. The van der Waals surface area contributed by atoms with Crippen LogP contribution in [0.4, 0.5) is 14.5 Å². The summed E-state index contributed by atoms with van der Waals surface area (Å²) in [6.45, 7) is 1.69. The lowest BCUT2D eigenvalue weighted by atomic mass is 10.2. The monoisotopic (exact) mass is 341 g/mol. The second kappa shape index (κ2) is 7.61. The minimum absolute atomic E-state index is 0.411. The van der Waals surface area contributed by atoms with E-state index in [1.54, 1.807) is 19.1 Å². The van der Waals surface area contributed by atoms with Crippen LogP contribution in [0, 0.1) is 11.6 Å². The summed E-state index contributed by atoms with van der Waals surface area (Å²) in [6, 6.07) is 10.7. The van der Waals surface area contributed by atoms with Gasteiger partial charge in [0.1, 0.15) is 17.3 Å². The Hall–Kier alpha value is -1.59. The van der Waals surface area contributed by atoms with Gasteiger partial charge in [0, 0.05) is 10.8 Å². The fraction of sp³-hybridized carbons (Fsp3) is 0.188. The number of thioether (sulfide) groups is 1. The van der Waals surface area contributed by atoms with Gasteiger partial charge in [0.2, 0.25) is 5.91 Å². The highest BCUT2D eigenvalue weighted by Crippen LogP contribution is 2.23. The van der Waals surface area contributed by atoms with E-state index in [1.165, 1.54) is 17.8 Å². The maximum absolute atomic E-state index is 13.5. The van der Waals surface area contributed by atoms with Crippen molar-refractivity contribution in [2.45, 2.75) is 17.9 Å². The number of rotatable bonds is 5. The highest BCUT2D eigenvalue weighted by molar-refractivity contribution is 7.99. The molecule has 0 radical (unpaired) electrons. The molecule has 0 saturated heterocycles. The van der Waals surface area contributed by atoms with Crippen LogP contribution >= 0.6 is 23.4 Å². The Morgan fingerprint density at radius 2 is 1.77 bits per heavy atom. The van der Waals surface area contributed by atoms with E-state index in [0.29, 0.717) is 10.8 Å². The SMILES string of the molecule is CC(SCc1ccc(Cl)cc1)C(=O)Nc1c(F)cccc1F. The summed E-state index contributed by atoms with van der Waals surface area (Å²) in [5.74, 6) is -1.42. The smallest absolute Gasteiger partial charge is 0.237 e. The predicted octanol–water partition coefficient (Wildman–Crippen LogP) is 4.88. The number of carbonyl (C=O) groups is 1. The standard InChI is InChI=1S/C16H14ClF2NOS/c1-10(22-9-11-5-7-12(17)8-6-11)16(21)20-15-13(18)3-2-4-14(15)19/h2-8,10H,9H2,1H3,(H,20,21). The third kappa shape index (κ3) is 4.45. The van der Waals surface area contributed by atoms with E-state index in [2.05, 4.69) is 5.32 Å². The van der Waals surface area contributed by atoms with Gasteiger partial charge in [-0.3, -0.25) is 4.79 Å². The molecule has 0 heterocycles. The molecule has 2 nitrogen and oxygen atoms in total. The highest BCUT2D eigenvalue weighted by atomic mass is 35.5. The number of amides is 1.